The van der Waals surface area contributed by atoms with E-state index in [2.05, 4.69) is 11.8 Å². The van der Waals surface area contributed by atoms with Gasteiger partial charge in [0.1, 0.15) is 18.1 Å². The second-order valence-electron chi connectivity index (χ2n) is 6.84. The number of piperidine rings is 1. The molecule has 5 fully saturated rings. The largest absolute Gasteiger partial charge is 0.374 e. The van der Waals surface area contributed by atoms with E-state index < -0.39 is 0 Å². The van der Waals surface area contributed by atoms with Crippen molar-refractivity contribution in [3.8, 4) is 0 Å². The van der Waals surface area contributed by atoms with Crippen LogP contribution in [0.5, 0.6) is 0 Å². The molecule has 1 aliphatic carbocycles. The van der Waals surface area contributed by atoms with Crippen LogP contribution in [-0.4, -0.2) is 48.3 Å². The number of epoxide rings is 1. The van der Waals surface area contributed by atoms with Crippen molar-refractivity contribution < 1.29 is 14.3 Å². The highest BCUT2D eigenvalue weighted by Gasteiger charge is 2.64. The predicted molar refractivity (Wildman–Crippen MR) is 62.8 cm³/mol. The van der Waals surface area contributed by atoms with Gasteiger partial charge in [-0.15, -0.1) is 0 Å². The highest BCUT2D eigenvalue weighted by molar-refractivity contribution is 5.85. The summed E-state index contributed by atoms with van der Waals surface area (Å²) in [5, 5.41) is 0. The Labute approximate surface area is 107 Å². The topological polar surface area (TPSA) is 42.1 Å². The van der Waals surface area contributed by atoms with Crippen LogP contribution in [0.4, 0.5) is 0 Å². The van der Waals surface area contributed by atoms with Gasteiger partial charge in [0.15, 0.2) is 0 Å². The summed E-state index contributed by atoms with van der Waals surface area (Å²) in [7, 11) is 0. The minimum atomic E-state index is 0.189. The van der Waals surface area contributed by atoms with Crippen molar-refractivity contribution in [1.29, 1.82) is 0 Å². The number of hydrogen-bond donors (Lipinski definition) is 0. The SMILES string of the molecule is CC1OC2CC1CC2C(=O)C1CN2CC1C1OC12. The first-order chi connectivity index (χ1) is 8.72. The molecule has 5 aliphatic rings. The highest BCUT2D eigenvalue weighted by Crippen LogP contribution is 2.52. The fourth-order valence-corrected chi connectivity index (χ4v) is 4.96. The fourth-order valence-electron chi connectivity index (χ4n) is 4.96. The van der Waals surface area contributed by atoms with Crippen molar-refractivity contribution >= 4 is 5.78 Å². The van der Waals surface area contributed by atoms with Crippen molar-refractivity contribution in [3.05, 3.63) is 0 Å². The molecular formula is C14H19NO3. The Morgan fingerprint density at radius 3 is 2.67 bits per heavy atom. The average Bonchev–Trinajstić information content (AvgIpc) is 2.72. The Kier molecular flexibility index (Phi) is 1.82. The molecule has 0 aromatic carbocycles. The van der Waals surface area contributed by atoms with Gasteiger partial charge in [0.25, 0.3) is 0 Å². The molecule has 1 saturated carbocycles. The van der Waals surface area contributed by atoms with E-state index in [1.165, 1.54) is 0 Å². The summed E-state index contributed by atoms with van der Waals surface area (Å²) in [6, 6.07) is 0. The van der Waals surface area contributed by atoms with Crippen LogP contribution < -0.4 is 0 Å². The van der Waals surface area contributed by atoms with Crippen molar-refractivity contribution in [2.75, 3.05) is 13.1 Å². The summed E-state index contributed by atoms with van der Waals surface area (Å²) in [5.74, 6) is 2.02. The summed E-state index contributed by atoms with van der Waals surface area (Å²) in [6.45, 7) is 4.18. The summed E-state index contributed by atoms with van der Waals surface area (Å²) in [6.07, 6.45) is 3.53. The Morgan fingerprint density at radius 2 is 2.06 bits per heavy atom. The lowest BCUT2D eigenvalue weighted by Gasteiger charge is -2.29. The minimum Gasteiger partial charge on any atom is -0.374 e. The van der Waals surface area contributed by atoms with E-state index in [4.69, 9.17) is 9.47 Å². The molecule has 4 heterocycles. The molecule has 5 rings (SSSR count). The monoisotopic (exact) mass is 249 g/mol. The molecule has 0 radical (unpaired) electrons. The van der Waals surface area contributed by atoms with E-state index in [0.717, 1.165) is 25.9 Å². The van der Waals surface area contributed by atoms with Crippen LogP contribution in [0.1, 0.15) is 19.8 Å². The first kappa shape index (κ1) is 10.4. The Bertz CT molecular complexity index is 423. The zero-order valence-corrected chi connectivity index (χ0v) is 10.6. The highest BCUT2D eigenvalue weighted by atomic mass is 16.6. The number of rotatable bonds is 2. The minimum absolute atomic E-state index is 0.189. The predicted octanol–water partition coefficient (Wildman–Crippen LogP) is 0.655. The van der Waals surface area contributed by atoms with E-state index in [0.29, 0.717) is 36.1 Å². The third-order valence-corrected chi connectivity index (χ3v) is 6.00. The molecule has 9 atom stereocenters. The van der Waals surface area contributed by atoms with Crippen LogP contribution in [0.3, 0.4) is 0 Å². The molecule has 98 valence electrons. The van der Waals surface area contributed by atoms with Gasteiger partial charge < -0.3 is 9.47 Å². The number of fused-ring (bicyclic) bond motifs is 7. The summed E-state index contributed by atoms with van der Waals surface area (Å²) >= 11 is 0. The van der Waals surface area contributed by atoms with Gasteiger partial charge in [0.2, 0.25) is 0 Å². The van der Waals surface area contributed by atoms with Gasteiger partial charge in [0, 0.05) is 30.8 Å². The second kappa shape index (κ2) is 3.17. The van der Waals surface area contributed by atoms with Gasteiger partial charge >= 0.3 is 0 Å². The molecule has 0 N–H and O–H groups in total. The summed E-state index contributed by atoms with van der Waals surface area (Å²) < 4.78 is 11.5. The van der Waals surface area contributed by atoms with Gasteiger partial charge in [-0.05, 0) is 25.7 Å². The van der Waals surface area contributed by atoms with Crippen molar-refractivity contribution in [2.45, 2.75) is 44.3 Å². The lowest BCUT2D eigenvalue weighted by Crippen LogP contribution is -2.40. The third kappa shape index (κ3) is 1.15. The lowest BCUT2D eigenvalue weighted by atomic mass is 9.81. The van der Waals surface area contributed by atoms with E-state index >= 15 is 0 Å². The van der Waals surface area contributed by atoms with Gasteiger partial charge in [-0.2, -0.15) is 0 Å². The van der Waals surface area contributed by atoms with Crippen LogP contribution in [0.15, 0.2) is 0 Å². The summed E-state index contributed by atoms with van der Waals surface area (Å²) in [5.41, 5.74) is 0. The zero-order valence-electron chi connectivity index (χ0n) is 10.6. The van der Waals surface area contributed by atoms with Crippen LogP contribution in [0.2, 0.25) is 0 Å². The molecule has 4 saturated heterocycles. The molecular weight excluding hydrogens is 230 g/mol. The zero-order chi connectivity index (χ0) is 12.0. The Morgan fingerprint density at radius 1 is 1.17 bits per heavy atom. The average molecular weight is 249 g/mol. The number of hydrogen-bond acceptors (Lipinski definition) is 4. The molecule has 18 heavy (non-hydrogen) atoms. The van der Waals surface area contributed by atoms with Crippen molar-refractivity contribution in [3.63, 3.8) is 0 Å². The van der Waals surface area contributed by atoms with E-state index in [1.54, 1.807) is 0 Å². The first-order valence-electron chi connectivity index (χ1n) is 7.31. The Balaban J connectivity index is 1.35. The molecule has 0 spiro atoms. The summed E-state index contributed by atoms with van der Waals surface area (Å²) in [4.78, 5) is 15.1. The maximum atomic E-state index is 12.7. The van der Waals surface area contributed by atoms with Gasteiger partial charge in [-0.25, -0.2) is 0 Å². The number of ketones is 1. The smallest absolute Gasteiger partial charge is 0.143 e. The Hall–Kier alpha value is -0.450. The molecule has 9 unspecified atom stereocenters. The third-order valence-electron chi connectivity index (χ3n) is 6.00. The number of Topliss-reactive ketones (excluding diaryl/α,β-unsaturated/α-hetero) is 1. The van der Waals surface area contributed by atoms with Crippen LogP contribution in [-0.2, 0) is 14.3 Å². The standard InChI is InChI=1S/C14H19NO3/c1-6-7-2-8(11(3-7)17-6)12(16)9-4-15-5-10(9)13-14(15)18-13/h6-11,13-14H,2-5H2,1H3. The number of ether oxygens (including phenoxy) is 2. The van der Waals surface area contributed by atoms with E-state index in [9.17, 15) is 4.79 Å². The fraction of sp³-hybridized carbons (Fsp3) is 0.929. The lowest BCUT2D eigenvalue weighted by molar-refractivity contribution is -0.135. The molecule has 0 aromatic rings. The molecule has 4 aliphatic heterocycles. The van der Waals surface area contributed by atoms with Gasteiger partial charge in [0.05, 0.1) is 12.2 Å². The second-order valence-corrected chi connectivity index (χ2v) is 6.84. The quantitative estimate of drug-likeness (QED) is 0.674. The van der Waals surface area contributed by atoms with Crippen molar-refractivity contribution in [1.82, 2.24) is 4.90 Å². The van der Waals surface area contributed by atoms with Crippen LogP contribution >= 0.6 is 0 Å². The maximum Gasteiger partial charge on any atom is 0.143 e. The van der Waals surface area contributed by atoms with Crippen molar-refractivity contribution in [2.24, 2.45) is 23.7 Å². The molecule has 4 heteroatoms. The number of carbonyl (C=O) groups excluding carboxylic acids is 1. The van der Waals surface area contributed by atoms with E-state index in [1.807, 2.05) is 0 Å². The molecule has 4 nitrogen and oxygen atoms in total. The molecule has 0 aromatic heterocycles. The van der Waals surface area contributed by atoms with Crippen LogP contribution in [0, 0.1) is 23.7 Å². The molecule has 0 amide bonds. The molecule has 4 bridgehead atoms. The maximum absolute atomic E-state index is 12.7. The van der Waals surface area contributed by atoms with Gasteiger partial charge in [-0.3, -0.25) is 9.69 Å². The van der Waals surface area contributed by atoms with Crippen LogP contribution in [0.25, 0.3) is 0 Å². The first-order valence-corrected chi connectivity index (χ1v) is 7.31. The normalized spacial score (nSPS) is 63.3. The van der Waals surface area contributed by atoms with E-state index in [-0.39, 0.29) is 17.9 Å². The number of carbonyl (C=O) groups is 1. The number of nitrogens with zero attached hydrogens (tertiary/aromatic N) is 1. The van der Waals surface area contributed by atoms with Gasteiger partial charge in [-0.1, -0.05) is 0 Å².